The number of primary amides is 1. The summed E-state index contributed by atoms with van der Waals surface area (Å²) in [5.74, 6) is -0.808. The number of benzene rings is 1. The largest absolute Gasteiger partial charge is 0.449 e. The van der Waals surface area contributed by atoms with Crippen molar-refractivity contribution in [2.75, 3.05) is 11.9 Å². The number of nitrogens with one attached hydrogen (secondary N) is 2. The summed E-state index contributed by atoms with van der Waals surface area (Å²) in [5, 5.41) is 3.24. The Hall–Kier alpha value is -3.09. The minimum Gasteiger partial charge on any atom is -0.449 e. The zero-order valence-corrected chi connectivity index (χ0v) is 11.7. The molecule has 0 aromatic heterocycles. The second-order valence-electron chi connectivity index (χ2n) is 4.79. The highest BCUT2D eigenvalue weighted by molar-refractivity contribution is 5.93. The van der Waals surface area contributed by atoms with Crippen molar-refractivity contribution in [3.8, 4) is 0 Å². The van der Waals surface area contributed by atoms with E-state index in [-0.39, 0.29) is 16.3 Å². The Balaban J connectivity index is 2.49. The van der Waals surface area contributed by atoms with Crippen LogP contribution in [0.5, 0.6) is 0 Å². The van der Waals surface area contributed by atoms with Gasteiger partial charge in [0, 0.05) is 24.4 Å². The van der Waals surface area contributed by atoms with Crippen LogP contribution in [-0.4, -0.2) is 17.4 Å². The molecule has 0 fully saturated rings. The van der Waals surface area contributed by atoms with Gasteiger partial charge in [-0.15, -0.1) is 0 Å². The van der Waals surface area contributed by atoms with Crippen molar-refractivity contribution in [1.82, 2.24) is 4.98 Å². The van der Waals surface area contributed by atoms with Crippen LogP contribution in [0.1, 0.15) is 17.3 Å². The number of carbonyl (C=O) groups excluding carboxylic acids is 1. The van der Waals surface area contributed by atoms with Crippen LogP contribution >= 0.6 is 0 Å². The molecule has 1 amide bonds. The lowest BCUT2D eigenvalue weighted by molar-refractivity contribution is 0.0999. The average molecular weight is 299 g/mol. The van der Waals surface area contributed by atoms with Gasteiger partial charge >= 0.3 is 0 Å². The molecule has 0 radical (unpaired) electrons. The molecule has 22 heavy (non-hydrogen) atoms. The van der Waals surface area contributed by atoms with Gasteiger partial charge in [-0.25, -0.2) is 0 Å². The monoisotopic (exact) mass is 299 g/mol. The molecule has 0 bridgehead atoms. The molecule has 0 atom stereocenters. The number of aromatic nitrogens is 1. The predicted molar refractivity (Wildman–Crippen MR) is 81.1 cm³/mol. The van der Waals surface area contributed by atoms with E-state index in [1.807, 2.05) is 13.0 Å². The Labute approximate surface area is 123 Å². The van der Waals surface area contributed by atoms with Crippen LogP contribution in [0.15, 0.2) is 38.3 Å². The third kappa shape index (κ3) is 2.12. The second kappa shape index (κ2) is 5.03. The Morgan fingerprint density at radius 2 is 2.09 bits per heavy atom. The standard InChI is InChI=1S/C15H13N3O4/c1-2-17-7-3-4-9-11(5-7)22-14-12(18-9)8(15(16)21)6-10(19)13(14)20/h3-6,17-18H,2H2,1H3,(H2,16,21). The minimum absolute atomic E-state index is 0.0685. The second-order valence-corrected chi connectivity index (χ2v) is 4.79. The molecule has 3 rings (SSSR count). The molecule has 0 spiro atoms. The summed E-state index contributed by atoms with van der Waals surface area (Å²) in [4.78, 5) is 38.0. The molecule has 0 saturated heterocycles. The molecule has 1 aliphatic heterocycles. The normalized spacial score (nSPS) is 11.0. The SMILES string of the molecule is CCNc1ccc2[nH]c3c(C(N)=O)cc(=O)c(=O)c=3oc2c1. The van der Waals surface area contributed by atoms with Gasteiger partial charge in [0.05, 0.1) is 16.4 Å². The molecular weight excluding hydrogens is 286 g/mol. The van der Waals surface area contributed by atoms with Gasteiger partial charge < -0.3 is 20.5 Å². The molecule has 1 aromatic rings. The first-order valence-electron chi connectivity index (χ1n) is 6.69. The van der Waals surface area contributed by atoms with Gasteiger partial charge in [-0.3, -0.25) is 14.4 Å². The third-order valence-corrected chi connectivity index (χ3v) is 3.30. The molecule has 1 aliphatic carbocycles. The molecule has 7 nitrogen and oxygen atoms in total. The van der Waals surface area contributed by atoms with E-state index in [1.54, 1.807) is 12.1 Å². The lowest BCUT2D eigenvalue weighted by Crippen LogP contribution is -2.28. The highest BCUT2D eigenvalue weighted by Crippen LogP contribution is 2.18. The van der Waals surface area contributed by atoms with Gasteiger partial charge in [0.1, 0.15) is 0 Å². The van der Waals surface area contributed by atoms with Gasteiger partial charge in [0.25, 0.3) is 11.3 Å². The summed E-state index contributed by atoms with van der Waals surface area (Å²) in [5.41, 5.74) is 5.12. The van der Waals surface area contributed by atoms with E-state index in [0.717, 1.165) is 18.3 Å². The van der Waals surface area contributed by atoms with E-state index in [9.17, 15) is 14.4 Å². The van der Waals surface area contributed by atoms with Crippen LogP contribution in [0, 0.1) is 10.8 Å². The maximum absolute atomic E-state index is 12.0. The number of aromatic amines is 1. The number of hydrogen-bond donors (Lipinski definition) is 3. The lowest BCUT2D eigenvalue weighted by atomic mass is 10.2. The molecule has 2 aliphatic rings. The zero-order valence-electron chi connectivity index (χ0n) is 11.7. The maximum Gasteiger partial charge on any atom is 0.270 e. The first-order valence-corrected chi connectivity index (χ1v) is 6.69. The molecule has 1 aromatic carbocycles. The number of H-pyrrole nitrogens is 1. The van der Waals surface area contributed by atoms with Crippen LogP contribution < -0.4 is 21.9 Å². The number of carbonyl (C=O) groups is 1. The quantitative estimate of drug-likeness (QED) is 0.616. The van der Waals surface area contributed by atoms with Crippen molar-refractivity contribution in [3.05, 3.63) is 61.0 Å². The number of anilines is 1. The Bertz CT molecular complexity index is 1060. The van der Waals surface area contributed by atoms with E-state index in [4.69, 9.17) is 10.2 Å². The van der Waals surface area contributed by atoms with Crippen molar-refractivity contribution < 1.29 is 9.21 Å². The van der Waals surface area contributed by atoms with Crippen LogP contribution in [0.2, 0.25) is 0 Å². The number of amides is 1. The van der Waals surface area contributed by atoms with Gasteiger partial charge in [-0.05, 0) is 19.1 Å². The number of nitrogens with two attached hydrogens (primary N) is 1. The van der Waals surface area contributed by atoms with Crippen LogP contribution in [-0.2, 0) is 0 Å². The highest BCUT2D eigenvalue weighted by atomic mass is 16.3. The fourth-order valence-corrected chi connectivity index (χ4v) is 2.30. The molecule has 0 saturated carbocycles. The molecule has 4 N–H and O–H groups in total. The topological polar surface area (TPSA) is 118 Å². The van der Waals surface area contributed by atoms with Gasteiger partial charge in [-0.1, -0.05) is 0 Å². The Morgan fingerprint density at radius 1 is 1.32 bits per heavy atom. The molecule has 1 heterocycles. The van der Waals surface area contributed by atoms with Crippen LogP contribution in [0.4, 0.5) is 5.69 Å². The van der Waals surface area contributed by atoms with E-state index in [0.29, 0.717) is 11.1 Å². The summed E-state index contributed by atoms with van der Waals surface area (Å²) in [6, 6.07) is 6.21. The van der Waals surface area contributed by atoms with E-state index in [1.165, 1.54) is 0 Å². The van der Waals surface area contributed by atoms with E-state index >= 15 is 0 Å². The third-order valence-electron chi connectivity index (χ3n) is 3.30. The fraction of sp³-hybridized carbons (Fsp3) is 0.133. The first-order chi connectivity index (χ1) is 10.5. The molecule has 0 unspecified atom stereocenters. The van der Waals surface area contributed by atoms with E-state index in [2.05, 4.69) is 10.3 Å². The van der Waals surface area contributed by atoms with Gasteiger partial charge in [-0.2, -0.15) is 0 Å². The molecular formula is C15H13N3O4. The number of hydrogen-bond acceptors (Lipinski definition) is 5. The van der Waals surface area contributed by atoms with Crippen molar-refractivity contribution in [2.24, 2.45) is 5.73 Å². The summed E-state index contributed by atoms with van der Waals surface area (Å²) in [7, 11) is 0. The smallest absolute Gasteiger partial charge is 0.270 e. The van der Waals surface area contributed by atoms with Crippen LogP contribution in [0.25, 0.3) is 11.1 Å². The lowest BCUT2D eigenvalue weighted by Gasteiger charge is -2.06. The Kier molecular flexibility index (Phi) is 3.17. The number of rotatable bonds is 3. The summed E-state index contributed by atoms with van der Waals surface area (Å²) in [6.45, 7) is 2.68. The molecule has 7 heteroatoms. The van der Waals surface area contributed by atoms with Gasteiger partial charge in [0.15, 0.2) is 5.58 Å². The summed E-state index contributed by atoms with van der Waals surface area (Å²) < 4.78 is 5.54. The summed E-state index contributed by atoms with van der Waals surface area (Å²) in [6.07, 6.45) is 0. The van der Waals surface area contributed by atoms with Gasteiger partial charge in [0.2, 0.25) is 10.8 Å². The van der Waals surface area contributed by atoms with Crippen molar-refractivity contribution in [2.45, 2.75) is 6.92 Å². The van der Waals surface area contributed by atoms with Crippen LogP contribution in [0.3, 0.4) is 0 Å². The first kappa shape index (κ1) is 13.9. The molecule has 112 valence electrons. The fourth-order valence-electron chi connectivity index (χ4n) is 2.30. The van der Waals surface area contributed by atoms with Crippen molar-refractivity contribution in [1.29, 1.82) is 0 Å². The summed E-state index contributed by atoms with van der Waals surface area (Å²) >= 11 is 0. The highest BCUT2D eigenvalue weighted by Gasteiger charge is 2.13. The van der Waals surface area contributed by atoms with Crippen molar-refractivity contribution in [3.63, 3.8) is 0 Å². The minimum atomic E-state index is -0.833. The Morgan fingerprint density at radius 3 is 2.77 bits per heavy atom. The predicted octanol–water partition coefficient (Wildman–Crippen LogP) is 0.737. The zero-order chi connectivity index (χ0) is 15.9. The van der Waals surface area contributed by atoms with E-state index < -0.39 is 16.8 Å². The average Bonchev–Trinajstić information content (AvgIpc) is 2.49. The number of fused-ring (bicyclic) bond motifs is 1. The van der Waals surface area contributed by atoms with Crippen molar-refractivity contribution >= 4 is 22.7 Å². The maximum atomic E-state index is 12.0.